The Hall–Kier alpha value is -1.39. The summed E-state index contributed by atoms with van der Waals surface area (Å²) in [4.78, 5) is 11.1. The quantitative estimate of drug-likeness (QED) is 0.821. The summed E-state index contributed by atoms with van der Waals surface area (Å²) >= 11 is 0. The Morgan fingerprint density at radius 3 is 2.73 bits per heavy atom. The van der Waals surface area contributed by atoms with Crippen molar-refractivity contribution in [1.82, 2.24) is 15.0 Å². The van der Waals surface area contributed by atoms with Gasteiger partial charge in [-0.2, -0.15) is 0 Å². The van der Waals surface area contributed by atoms with E-state index in [9.17, 15) is 4.79 Å². The smallest absolute Gasteiger partial charge is 0.356 e. The number of carboxylic acids is 1. The van der Waals surface area contributed by atoms with E-state index in [-0.39, 0.29) is 5.69 Å². The fourth-order valence-corrected chi connectivity index (χ4v) is 2.24. The van der Waals surface area contributed by atoms with Crippen LogP contribution in [0.15, 0.2) is 0 Å². The predicted molar refractivity (Wildman–Crippen MR) is 53.9 cm³/mol. The van der Waals surface area contributed by atoms with E-state index in [0.717, 1.165) is 12.8 Å². The van der Waals surface area contributed by atoms with Crippen molar-refractivity contribution in [2.45, 2.75) is 45.1 Å². The minimum atomic E-state index is -0.913. The topological polar surface area (TPSA) is 68.0 Å². The summed E-state index contributed by atoms with van der Waals surface area (Å²) in [6.07, 6.45) is 4.43. The Kier molecular flexibility index (Phi) is 2.70. The fraction of sp³-hybridized carbons (Fsp3) is 0.700. The first-order valence-electron chi connectivity index (χ1n) is 5.40. The second kappa shape index (κ2) is 4.00. The largest absolute Gasteiger partial charge is 0.476 e. The Balaban J connectivity index is 2.37. The van der Waals surface area contributed by atoms with Gasteiger partial charge in [0.05, 0.1) is 0 Å². The first kappa shape index (κ1) is 10.1. The lowest BCUT2D eigenvalue weighted by Crippen LogP contribution is -2.11. The van der Waals surface area contributed by atoms with E-state index >= 15 is 0 Å². The van der Waals surface area contributed by atoms with E-state index in [1.165, 1.54) is 17.5 Å². The molecular weight excluding hydrogens is 194 g/mol. The van der Waals surface area contributed by atoms with Crippen LogP contribution in [0.4, 0.5) is 0 Å². The third-order valence-electron chi connectivity index (χ3n) is 3.01. The second-order valence-electron chi connectivity index (χ2n) is 3.93. The summed E-state index contributed by atoms with van der Waals surface area (Å²) in [6.45, 7) is 2.43. The van der Waals surface area contributed by atoms with Gasteiger partial charge in [0, 0.05) is 12.5 Å². The van der Waals surface area contributed by atoms with Gasteiger partial charge in [0.25, 0.3) is 0 Å². The van der Waals surface area contributed by atoms with Crippen molar-refractivity contribution in [2.75, 3.05) is 0 Å². The number of aryl methyl sites for hydroxylation is 1. The average molecular weight is 209 g/mol. The van der Waals surface area contributed by atoms with E-state index in [4.69, 9.17) is 5.11 Å². The molecule has 1 aliphatic rings. The SMILES string of the molecule is CCn1nnc(C2CCCC2)c1C(=O)O. The van der Waals surface area contributed by atoms with Crippen LogP contribution in [0.3, 0.4) is 0 Å². The molecule has 1 saturated carbocycles. The summed E-state index contributed by atoms with van der Waals surface area (Å²) in [5, 5.41) is 17.0. The van der Waals surface area contributed by atoms with Crippen LogP contribution in [0.1, 0.15) is 54.7 Å². The highest BCUT2D eigenvalue weighted by atomic mass is 16.4. The molecule has 1 fully saturated rings. The lowest BCUT2D eigenvalue weighted by molar-refractivity contribution is 0.0681. The predicted octanol–water partition coefficient (Wildman–Crippen LogP) is 1.65. The molecule has 0 radical (unpaired) electrons. The molecule has 2 rings (SSSR count). The number of hydrogen-bond donors (Lipinski definition) is 1. The number of hydrogen-bond acceptors (Lipinski definition) is 3. The highest BCUT2D eigenvalue weighted by molar-refractivity contribution is 5.87. The normalized spacial score (nSPS) is 17.1. The van der Waals surface area contributed by atoms with Crippen LogP contribution in [0.25, 0.3) is 0 Å². The maximum Gasteiger partial charge on any atom is 0.356 e. The highest BCUT2D eigenvalue weighted by Gasteiger charge is 2.27. The van der Waals surface area contributed by atoms with E-state index in [1.807, 2.05) is 6.92 Å². The first-order valence-corrected chi connectivity index (χ1v) is 5.40. The molecule has 5 nitrogen and oxygen atoms in total. The van der Waals surface area contributed by atoms with Gasteiger partial charge >= 0.3 is 5.97 Å². The number of aromatic carboxylic acids is 1. The third-order valence-corrected chi connectivity index (χ3v) is 3.01. The van der Waals surface area contributed by atoms with Gasteiger partial charge in [-0.15, -0.1) is 5.10 Å². The van der Waals surface area contributed by atoms with Crippen LogP contribution in [-0.2, 0) is 6.54 Å². The lowest BCUT2D eigenvalue weighted by atomic mass is 10.0. The third kappa shape index (κ3) is 1.73. The number of nitrogens with zero attached hydrogens (tertiary/aromatic N) is 3. The summed E-state index contributed by atoms with van der Waals surface area (Å²) in [5.74, 6) is -0.611. The van der Waals surface area contributed by atoms with Crippen LogP contribution < -0.4 is 0 Å². The van der Waals surface area contributed by atoms with Gasteiger partial charge in [-0.25, -0.2) is 9.48 Å². The van der Waals surface area contributed by atoms with Crippen molar-refractivity contribution in [2.24, 2.45) is 0 Å². The molecule has 82 valence electrons. The van der Waals surface area contributed by atoms with E-state index in [0.29, 0.717) is 18.2 Å². The molecule has 0 saturated heterocycles. The molecule has 0 atom stereocenters. The van der Waals surface area contributed by atoms with Gasteiger partial charge < -0.3 is 5.11 Å². The molecule has 0 aromatic carbocycles. The number of aromatic nitrogens is 3. The molecule has 1 aromatic rings. The minimum absolute atomic E-state index is 0.282. The van der Waals surface area contributed by atoms with E-state index in [1.54, 1.807) is 0 Å². The molecular formula is C10H15N3O2. The molecule has 0 aliphatic heterocycles. The van der Waals surface area contributed by atoms with Crippen molar-refractivity contribution in [3.63, 3.8) is 0 Å². The molecule has 1 aliphatic carbocycles. The number of rotatable bonds is 3. The van der Waals surface area contributed by atoms with Crippen molar-refractivity contribution in [3.8, 4) is 0 Å². The molecule has 0 spiro atoms. The molecule has 1 heterocycles. The Morgan fingerprint density at radius 2 is 2.20 bits per heavy atom. The standard InChI is InChI=1S/C10H15N3O2/c1-2-13-9(10(14)15)8(11-12-13)7-5-3-4-6-7/h7H,2-6H2,1H3,(H,14,15). The van der Waals surface area contributed by atoms with Crippen LogP contribution in [0.2, 0.25) is 0 Å². The van der Waals surface area contributed by atoms with Gasteiger partial charge in [0.1, 0.15) is 5.69 Å². The van der Waals surface area contributed by atoms with Gasteiger partial charge in [0.2, 0.25) is 0 Å². The van der Waals surface area contributed by atoms with E-state index in [2.05, 4.69) is 10.3 Å². The Bertz CT molecular complexity index is 367. The number of carboxylic acid groups (broad SMARTS) is 1. The van der Waals surface area contributed by atoms with Crippen molar-refractivity contribution >= 4 is 5.97 Å². The molecule has 1 aromatic heterocycles. The molecule has 0 amide bonds. The summed E-state index contributed by atoms with van der Waals surface area (Å²) in [6, 6.07) is 0. The fourth-order valence-electron chi connectivity index (χ4n) is 2.24. The van der Waals surface area contributed by atoms with Crippen molar-refractivity contribution in [1.29, 1.82) is 0 Å². The maximum atomic E-state index is 11.1. The zero-order valence-corrected chi connectivity index (χ0v) is 8.81. The van der Waals surface area contributed by atoms with Crippen molar-refractivity contribution < 1.29 is 9.90 Å². The summed E-state index contributed by atoms with van der Waals surface area (Å²) in [7, 11) is 0. The minimum Gasteiger partial charge on any atom is -0.476 e. The summed E-state index contributed by atoms with van der Waals surface area (Å²) < 4.78 is 1.47. The van der Waals surface area contributed by atoms with Crippen LogP contribution in [0.5, 0.6) is 0 Å². The van der Waals surface area contributed by atoms with Gasteiger partial charge in [0.15, 0.2) is 5.69 Å². The van der Waals surface area contributed by atoms with Crippen LogP contribution >= 0.6 is 0 Å². The molecule has 15 heavy (non-hydrogen) atoms. The summed E-state index contributed by atoms with van der Waals surface area (Å²) in [5.41, 5.74) is 0.964. The van der Waals surface area contributed by atoms with E-state index < -0.39 is 5.97 Å². The average Bonchev–Trinajstić information content (AvgIpc) is 2.85. The molecule has 0 bridgehead atoms. The first-order chi connectivity index (χ1) is 7.24. The monoisotopic (exact) mass is 209 g/mol. The molecule has 1 N–H and O–H groups in total. The van der Waals surface area contributed by atoms with Crippen LogP contribution in [-0.4, -0.2) is 26.1 Å². The van der Waals surface area contributed by atoms with Crippen LogP contribution in [0, 0.1) is 0 Å². The Morgan fingerprint density at radius 1 is 1.53 bits per heavy atom. The highest BCUT2D eigenvalue weighted by Crippen LogP contribution is 2.34. The second-order valence-corrected chi connectivity index (χ2v) is 3.93. The number of carbonyl (C=O) groups is 1. The zero-order chi connectivity index (χ0) is 10.8. The van der Waals surface area contributed by atoms with Crippen molar-refractivity contribution in [3.05, 3.63) is 11.4 Å². The molecule has 5 heteroatoms. The van der Waals surface area contributed by atoms with Gasteiger partial charge in [-0.05, 0) is 19.8 Å². The Labute approximate surface area is 88.1 Å². The van der Waals surface area contributed by atoms with Gasteiger partial charge in [-0.3, -0.25) is 0 Å². The molecule has 0 unspecified atom stereocenters. The maximum absolute atomic E-state index is 11.1. The lowest BCUT2D eigenvalue weighted by Gasteiger charge is -2.06. The van der Waals surface area contributed by atoms with Gasteiger partial charge in [-0.1, -0.05) is 18.1 Å². The zero-order valence-electron chi connectivity index (χ0n) is 8.81.